The number of anilines is 1. The van der Waals surface area contributed by atoms with Crippen molar-refractivity contribution in [3.05, 3.63) is 52.3 Å². The summed E-state index contributed by atoms with van der Waals surface area (Å²) in [5, 5.41) is 2.63. The Labute approximate surface area is 239 Å². The van der Waals surface area contributed by atoms with E-state index in [2.05, 4.69) is 15.2 Å². The molecule has 3 aliphatic rings. The molecule has 1 aromatic heterocycles. The molecule has 2 atom stereocenters. The van der Waals surface area contributed by atoms with Crippen LogP contribution in [0.4, 0.5) is 15.0 Å². The zero-order chi connectivity index (χ0) is 27.9. The molecule has 40 heavy (non-hydrogen) atoms. The summed E-state index contributed by atoms with van der Waals surface area (Å²) in [5.41, 5.74) is 11.0. The Kier molecular flexibility index (Phi) is 8.83. The van der Waals surface area contributed by atoms with Crippen molar-refractivity contribution >= 4 is 30.2 Å². The van der Waals surface area contributed by atoms with E-state index in [1.54, 1.807) is 35.8 Å². The van der Waals surface area contributed by atoms with Gasteiger partial charge in [-0.2, -0.15) is 4.98 Å². The van der Waals surface area contributed by atoms with Crippen LogP contribution in [-0.2, 0) is 11.2 Å². The summed E-state index contributed by atoms with van der Waals surface area (Å²) in [6.07, 6.45) is 2.06. The molecule has 3 fully saturated rings. The van der Waals surface area contributed by atoms with Gasteiger partial charge in [-0.1, -0.05) is 6.07 Å². The highest BCUT2D eigenvalue weighted by molar-refractivity contribution is 5.89. The molecule has 3 amide bonds. The van der Waals surface area contributed by atoms with Gasteiger partial charge in [-0.3, -0.25) is 14.7 Å². The number of piperazine rings is 1. The number of nitrogens with one attached hydrogen (secondary N) is 1. The number of fused-ring (bicyclic) bond motifs is 1. The molecule has 5 rings (SSSR count). The predicted octanol–water partition coefficient (Wildman–Crippen LogP) is 0.886. The lowest BCUT2D eigenvalue weighted by Crippen LogP contribution is -2.58. The van der Waals surface area contributed by atoms with Crippen molar-refractivity contribution in [3.63, 3.8) is 0 Å². The minimum Gasteiger partial charge on any atom is -0.338 e. The van der Waals surface area contributed by atoms with Crippen LogP contribution in [0.1, 0.15) is 19.4 Å². The number of hydrogen-bond acceptors (Lipinski definition) is 7. The number of rotatable bonds is 7. The summed E-state index contributed by atoms with van der Waals surface area (Å²) >= 11 is 0. The number of piperidine rings is 1. The molecule has 2 saturated heterocycles. The van der Waals surface area contributed by atoms with Gasteiger partial charge in [0.05, 0.1) is 11.2 Å². The number of urea groups is 1. The van der Waals surface area contributed by atoms with Crippen LogP contribution in [0.25, 0.3) is 5.69 Å². The molecule has 218 valence electrons. The molecule has 0 spiro atoms. The van der Waals surface area contributed by atoms with Crippen LogP contribution in [0.3, 0.4) is 0 Å². The first-order valence-corrected chi connectivity index (χ1v) is 13.5. The van der Waals surface area contributed by atoms with Crippen molar-refractivity contribution in [2.45, 2.75) is 25.8 Å². The van der Waals surface area contributed by atoms with Gasteiger partial charge in [0.2, 0.25) is 5.91 Å². The first-order chi connectivity index (χ1) is 18.5. The monoisotopic (exact) mass is 576 g/mol. The van der Waals surface area contributed by atoms with Gasteiger partial charge >= 0.3 is 11.7 Å². The highest BCUT2D eigenvalue weighted by Crippen LogP contribution is 2.50. The van der Waals surface area contributed by atoms with Gasteiger partial charge in [-0.15, -0.1) is 12.4 Å². The summed E-state index contributed by atoms with van der Waals surface area (Å²) < 4.78 is 16.1. The lowest BCUT2D eigenvalue weighted by atomic mass is 10.1. The van der Waals surface area contributed by atoms with E-state index in [0.717, 1.165) is 26.2 Å². The molecule has 1 aliphatic carbocycles. The number of halogens is 2. The summed E-state index contributed by atoms with van der Waals surface area (Å²) in [6, 6.07) is 5.83. The highest BCUT2D eigenvalue weighted by atomic mass is 35.5. The van der Waals surface area contributed by atoms with Gasteiger partial charge in [0, 0.05) is 52.0 Å². The van der Waals surface area contributed by atoms with Crippen LogP contribution in [0.15, 0.2) is 35.3 Å². The van der Waals surface area contributed by atoms with Crippen LogP contribution >= 0.6 is 12.4 Å². The number of carbonyl (C=O) groups is 2. The van der Waals surface area contributed by atoms with Crippen LogP contribution in [0.2, 0.25) is 0 Å². The van der Waals surface area contributed by atoms with Gasteiger partial charge in [0.25, 0.3) is 0 Å². The molecule has 0 radical (unpaired) electrons. The molecule has 0 bridgehead atoms. The van der Waals surface area contributed by atoms with E-state index in [9.17, 15) is 18.8 Å². The lowest BCUT2D eigenvalue weighted by Gasteiger charge is -2.37. The van der Waals surface area contributed by atoms with E-state index < -0.39 is 17.3 Å². The lowest BCUT2D eigenvalue weighted by molar-refractivity contribution is -0.137. The van der Waals surface area contributed by atoms with E-state index in [0.29, 0.717) is 61.6 Å². The van der Waals surface area contributed by atoms with E-state index >= 15 is 0 Å². The first-order valence-electron chi connectivity index (χ1n) is 13.5. The third-order valence-corrected chi connectivity index (χ3v) is 8.18. The molecule has 2 unspecified atom stereocenters. The first kappa shape index (κ1) is 29.9. The average Bonchev–Trinajstić information content (AvgIpc) is 3.38. The number of carbonyl (C=O) groups excluding carboxylic acids is 2. The van der Waals surface area contributed by atoms with Gasteiger partial charge in [-0.05, 0) is 68.3 Å². The third-order valence-electron chi connectivity index (χ3n) is 8.18. The molecule has 3 heterocycles. The second-order valence-corrected chi connectivity index (χ2v) is 11.4. The van der Waals surface area contributed by atoms with Gasteiger partial charge in [0.15, 0.2) is 0 Å². The Morgan fingerprint density at radius 3 is 2.33 bits per heavy atom. The fourth-order valence-corrected chi connectivity index (χ4v) is 5.81. The van der Waals surface area contributed by atoms with Crippen LogP contribution in [0.5, 0.6) is 0 Å². The van der Waals surface area contributed by atoms with Crippen LogP contribution in [0, 0.1) is 23.6 Å². The van der Waals surface area contributed by atoms with Gasteiger partial charge < -0.3 is 26.2 Å². The maximum atomic E-state index is 14.9. The Bertz CT molecular complexity index is 1300. The summed E-state index contributed by atoms with van der Waals surface area (Å²) in [5.74, 6) is 1.65. The second kappa shape index (κ2) is 11.8. The van der Waals surface area contributed by atoms with Crippen molar-refractivity contribution in [1.29, 1.82) is 0 Å². The van der Waals surface area contributed by atoms with Gasteiger partial charge in [-0.25, -0.2) is 14.0 Å². The largest absolute Gasteiger partial charge is 0.354 e. The molecule has 1 saturated carbocycles. The van der Waals surface area contributed by atoms with Crippen molar-refractivity contribution in [1.82, 2.24) is 24.3 Å². The number of nitrogens with zero attached hydrogens (tertiary/aromatic N) is 5. The molecular formula is C27H38ClFN8O3. The molecule has 11 nitrogen and oxygen atoms in total. The molecule has 1 aromatic carbocycles. The summed E-state index contributed by atoms with van der Waals surface area (Å²) in [6.45, 7) is 8.36. The van der Waals surface area contributed by atoms with E-state index in [1.807, 2.05) is 0 Å². The number of amides is 3. The zero-order valence-corrected chi connectivity index (χ0v) is 23.7. The number of hydrogen-bond donors (Lipinski definition) is 3. The standard InChI is InChI=1S/C27H37FN8O3.ClH/c1-27(2,30)24(37)34-9-11-35(12-10-34)25(38)31-23-6-8-36(26(39)32-23)18-4-3-17(22(28)13-18)5-7-33-15-20-19(14-29)21(20)16-33;/h3-4,6,8,13,19-21H,5,7,9-12,14-16,29-30H2,1-2H3,(H,31,32,38,39);1H. The summed E-state index contributed by atoms with van der Waals surface area (Å²) in [4.78, 5) is 47.2. The number of nitrogens with two attached hydrogens (primary N) is 2. The van der Waals surface area contributed by atoms with Crippen molar-refractivity contribution < 1.29 is 14.0 Å². The number of likely N-dealkylation sites (tertiary alicyclic amines) is 1. The Balaban J connectivity index is 0.00000370. The topological polar surface area (TPSA) is 143 Å². The van der Waals surface area contributed by atoms with E-state index in [-0.39, 0.29) is 29.9 Å². The van der Waals surface area contributed by atoms with Crippen LogP contribution in [-0.4, -0.2) is 94.1 Å². The van der Waals surface area contributed by atoms with E-state index in [4.69, 9.17) is 11.5 Å². The Hall–Kier alpha value is -3.06. The quantitative estimate of drug-likeness (QED) is 0.444. The average molecular weight is 577 g/mol. The number of benzene rings is 1. The minimum atomic E-state index is -0.968. The van der Waals surface area contributed by atoms with Gasteiger partial charge in [0.1, 0.15) is 11.6 Å². The Morgan fingerprint density at radius 2 is 1.75 bits per heavy atom. The maximum absolute atomic E-state index is 14.9. The van der Waals surface area contributed by atoms with E-state index in [1.165, 1.54) is 22.9 Å². The molecule has 2 aromatic rings. The molecular weight excluding hydrogens is 539 g/mol. The molecule has 2 aliphatic heterocycles. The minimum absolute atomic E-state index is 0. The normalized spacial score (nSPS) is 22.5. The molecule has 13 heteroatoms. The number of aromatic nitrogens is 2. The van der Waals surface area contributed by atoms with Crippen molar-refractivity contribution in [3.8, 4) is 5.69 Å². The highest BCUT2D eigenvalue weighted by Gasteiger charge is 2.54. The predicted molar refractivity (Wildman–Crippen MR) is 152 cm³/mol. The third kappa shape index (κ3) is 6.30. The van der Waals surface area contributed by atoms with Crippen molar-refractivity contribution in [2.24, 2.45) is 29.2 Å². The smallest absolute Gasteiger partial charge is 0.338 e. The second-order valence-electron chi connectivity index (χ2n) is 11.4. The van der Waals surface area contributed by atoms with Crippen molar-refractivity contribution in [2.75, 3.05) is 57.7 Å². The fourth-order valence-electron chi connectivity index (χ4n) is 5.81. The fraction of sp³-hybridized carbons (Fsp3) is 0.556. The zero-order valence-electron chi connectivity index (χ0n) is 22.9. The Morgan fingerprint density at radius 1 is 1.10 bits per heavy atom. The summed E-state index contributed by atoms with van der Waals surface area (Å²) in [7, 11) is 0. The molecule has 5 N–H and O–H groups in total. The maximum Gasteiger partial charge on any atom is 0.354 e. The van der Waals surface area contributed by atoms with Crippen LogP contribution < -0.4 is 22.5 Å². The SMILES string of the molecule is CC(C)(N)C(=O)N1CCN(C(=O)Nc2ccn(-c3ccc(CCN4CC5C(CN)C5C4)c(F)c3)c(=O)n2)CC1.Cl.